The normalized spacial score (nSPS) is 10.1. The Hall–Kier alpha value is -2.54. The molecule has 0 fully saturated rings. The van der Waals surface area contributed by atoms with E-state index in [-0.39, 0.29) is 23.1 Å². The summed E-state index contributed by atoms with van der Waals surface area (Å²) >= 11 is 5.63. The van der Waals surface area contributed by atoms with Gasteiger partial charge in [0.2, 0.25) is 0 Å². The van der Waals surface area contributed by atoms with Crippen molar-refractivity contribution in [3.63, 3.8) is 0 Å². The molecule has 0 unspecified atom stereocenters. The molecule has 20 heavy (non-hydrogen) atoms. The summed E-state index contributed by atoms with van der Waals surface area (Å²) < 4.78 is 0. The number of nitro groups is 1. The summed E-state index contributed by atoms with van der Waals surface area (Å²) in [5.41, 5.74) is 0.405. The predicted octanol–water partition coefficient (Wildman–Crippen LogP) is 1.97. The highest BCUT2D eigenvalue weighted by atomic mass is 35.5. The van der Waals surface area contributed by atoms with Crippen molar-refractivity contribution in [2.45, 2.75) is 6.54 Å². The molecule has 2 aromatic rings. The smallest absolute Gasteiger partial charge is 0.274 e. The van der Waals surface area contributed by atoms with Gasteiger partial charge in [0.15, 0.2) is 0 Å². The third-order valence-corrected chi connectivity index (χ3v) is 2.65. The standard InChI is InChI=1S/C12H9ClN4O3/c13-11-7-14-6-9(16-11)12(18)15-5-8-3-1-2-4-10(8)17(19)20/h1-4,6-7H,5H2,(H,15,18). The van der Waals surface area contributed by atoms with E-state index >= 15 is 0 Å². The van der Waals surface area contributed by atoms with Gasteiger partial charge in [-0.05, 0) is 0 Å². The summed E-state index contributed by atoms with van der Waals surface area (Å²) in [6, 6.07) is 6.17. The molecule has 1 heterocycles. The first-order valence-corrected chi connectivity index (χ1v) is 5.94. The summed E-state index contributed by atoms with van der Waals surface area (Å²) in [7, 11) is 0. The van der Waals surface area contributed by atoms with Crippen LogP contribution in [0.1, 0.15) is 16.1 Å². The average molecular weight is 293 g/mol. The number of hydrogen-bond acceptors (Lipinski definition) is 5. The van der Waals surface area contributed by atoms with Gasteiger partial charge in [-0.1, -0.05) is 29.8 Å². The zero-order chi connectivity index (χ0) is 14.5. The summed E-state index contributed by atoms with van der Waals surface area (Å²) in [5, 5.41) is 13.5. The topological polar surface area (TPSA) is 98.0 Å². The number of carbonyl (C=O) groups is 1. The van der Waals surface area contributed by atoms with Gasteiger partial charge in [0.05, 0.1) is 17.3 Å². The lowest BCUT2D eigenvalue weighted by Crippen LogP contribution is -2.24. The Morgan fingerprint density at radius 3 is 2.80 bits per heavy atom. The van der Waals surface area contributed by atoms with Crippen LogP contribution in [0, 0.1) is 10.1 Å². The highest BCUT2D eigenvalue weighted by molar-refractivity contribution is 6.29. The number of nitro benzene ring substituents is 1. The number of para-hydroxylation sites is 1. The van der Waals surface area contributed by atoms with Gasteiger partial charge in [-0.25, -0.2) is 4.98 Å². The molecule has 102 valence electrons. The van der Waals surface area contributed by atoms with E-state index in [2.05, 4.69) is 15.3 Å². The van der Waals surface area contributed by atoms with Crippen LogP contribution in [0.2, 0.25) is 5.15 Å². The van der Waals surface area contributed by atoms with Crippen molar-refractivity contribution < 1.29 is 9.72 Å². The molecule has 1 amide bonds. The Kier molecular flexibility index (Phi) is 4.21. The van der Waals surface area contributed by atoms with E-state index in [0.29, 0.717) is 5.56 Å². The molecule has 0 spiro atoms. The fourth-order valence-electron chi connectivity index (χ4n) is 1.56. The third-order valence-electron chi connectivity index (χ3n) is 2.47. The number of halogens is 1. The lowest BCUT2D eigenvalue weighted by atomic mass is 10.2. The van der Waals surface area contributed by atoms with E-state index in [1.807, 2.05) is 0 Å². The molecular formula is C12H9ClN4O3. The van der Waals surface area contributed by atoms with Gasteiger partial charge in [-0.3, -0.25) is 19.9 Å². The summed E-state index contributed by atoms with van der Waals surface area (Å²) in [4.78, 5) is 29.7. The van der Waals surface area contributed by atoms with Crippen LogP contribution < -0.4 is 5.32 Å². The molecule has 1 aromatic heterocycles. The fourth-order valence-corrected chi connectivity index (χ4v) is 1.70. The second-order valence-corrected chi connectivity index (χ2v) is 4.18. The minimum atomic E-state index is -0.502. The molecule has 0 bridgehead atoms. The van der Waals surface area contributed by atoms with Gasteiger partial charge in [-0.2, -0.15) is 0 Å². The van der Waals surface area contributed by atoms with E-state index in [1.54, 1.807) is 18.2 Å². The zero-order valence-electron chi connectivity index (χ0n) is 10.1. The number of nitrogens with zero attached hydrogens (tertiary/aromatic N) is 3. The van der Waals surface area contributed by atoms with Crippen molar-refractivity contribution in [2.75, 3.05) is 0 Å². The number of hydrogen-bond donors (Lipinski definition) is 1. The van der Waals surface area contributed by atoms with Crippen molar-refractivity contribution in [2.24, 2.45) is 0 Å². The van der Waals surface area contributed by atoms with Crippen LogP contribution in [0.4, 0.5) is 5.69 Å². The molecule has 2 rings (SSSR count). The third kappa shape index (κ3) is 3.27. The quantitative estimate of drug-likeness (QED) is 0.686. The van der Waals surface area contributed by atoms with Crippen molar-refractivity contribution in [3.8, 4) is 0 Å². The molecular weight excluding hydrogens is 284 g/mol. The number of benzene rings is 1. The largest absolute Gasteiger partial charge is 0.346 e. The van der Waals surface area contributed by atoms with Crippen LogP contribution in [0.25, 0.3) is 0 Å². The number of amides is 1. The number of rotatable bonds is 4. The van der Waals surface area contributed by atoms with E-state index in [0.717, 1.165) is 0 Å². The Bertz CT molecular complexity index is 663. The Morgan fingerprint density at radius 1 is 1.35 bits per heavy atom. The van der Waals surface area contributed by atoms with Gasteiger partial charge in [0.25, 0.3) is 11.6 Å². The first kappa shape index (κ1) is 13.9. The van der Waals surface area contributed by atoms with Crippen molar-refractivity contribution in [1.29, 1.82) is 0 Å². The number of nitrogens with one attached hydrogen (secondary N) is 1. The van der Waals surface area contributed by atoms with Gasteiger partial charge >= 0.3 is 0 Å². The average Bonchev–Trinajstić information content (AvgIpc) is 2.45. The molecule has 7 nitrogen and oxygen atoms in total. The predicted molar refractivity (Wildman–Crippen MR) is 71.3 cm³/mol. The minimum absolute atomic E-state index is 0.0180. The Morgan fingerprint density at radius 2 is 2.10 bits per heavy atom. The Balaban J connectivity index is 2.09. The molecule has 1 aromatic carbocycles. The first-order chi connectivity index (χ1) is 9.58. The van der Waals surface area contributed by atoms with Gasteiger partial charge in [-0.15, -0.1) is 0 Å². The second kappa shape index (κ2) is 6.07. The molecule has 0 saturated heterocycles. The van der Waals surface area contributed by atoms with Crippen LogP contribution >= 0.6 is 11.6 Å². The summed E-state index contributed by atoms with van der Waals surface area (Å²) in [6.07, 6.45) is 2.57. The van der Waals surface area contributed by atoms with Crippen molar-refractivity contribution in [3.05, 3.63) is 63.2 Å². The van der Waals surface area contributed by atoms with Gasteiger partial charge in [0.1, 0.15) is 10.8 Å². The molecule has 0 atom stereocenters. The maximum absolute atomic E-state index is 11.8. The molecule has 8 heteroatoms. The van der Waals surface area contributed by atoms with E-state index < -0.39 is 10.8 Å². The van der Waals surface area contributed by atoms with Crippen LogP contribution in [-0.4, -0.2) is 20.8 Å². The lowest BCUT2D eigenvalue weighted by molar-refractivity contribution is -0.385. The number of aromatic nitrogens is 2. The van der Waals surface area contributed by atoms with E-state index in [1.165, 1.54) is 18.5 Å². The van der Waals surface area contributed by atoms with Crippen LogP contribution in [0.5, 0.6) is 0 Å². The van der Waals surface area contributed by atoms with Crippen LogP contribution in [-0.2, 0) is 6.54 Å². The molecule has 0 aliphatic rings. The summed E-state index contributed by atoms with van der Waals surface area (Å²) in [5.74, 6) is -0.502. The fraction of sp³-hybridized carbons (Fsp3) is 0.0833. The van der Waals surface area contributed by atoms with Gasteiger partial charge in [0, 0.05) is 18.2 Å². The molecule has 1 N–H and O–H groups in total. The summed E-state index contributed by atoms with van der Waals surface area (Å²) in [6.45, 7) is 0.0180. The second-order valence-electron chi connectivity index (χ2n) is 3.80. The lowest BCUT2D eigenvalue weighted by Gasteiger charge is -2.05. The van der Waals surface area contributed by atoms with E-state index in [4.69, 9.17) is 11.6 Å². The molecule has 0 aliphatic carbocycles. The van der Waals surface area contributed by atoms with Crippen molar-refractivity contribution in [1.82, 2.24) is 15.3 Å². The van der Waals surface area contributed by atoms with E-state index in [9.17, 15) is 14.9 Å². The number of carbonyl (C=O) groups excluding carboxylic acids is 1. The zero-order valence-corrected chi connectivity index (χ0v) is 10.9. The monoisotopic (exact) mass is 292 g/mol. The van der Waals surface area contributed by atoms with Crippen LogP contribution in [0.3, 0.4) is 0 Å². The van der Waals surface area contributed by atoms with Crippen LogP contribution in [0.15, 0.2) is 36.7 Å². The maximum atomic E-state index is 11.8. The Labute approximate surface area is 118 Å². The molecule has 0 saturated carbocycles. The minimum Gasteiger partial charge on any atom is -0.346 e. The highest BCUT2D eigenvalue weighted by Gasteiger charge is 2.14. The molecule has 0 aliphatic heterocycles. The highest BCUT2D eigenvalue weighted by Crippen LogP contribution is 2.17. The SMILES string of the molecule is O=C(NCc1ccccc1[N+](=O)[O-])c1cncc(Cl)n1. The first-order valence-electron chi connectivity index (χ1n) is 5.56. The van der Waals surface area contributed by atoms with Crippen molar-refractivity contribution >= 4 is 23.2 Å². The van der Waals surface area contributed by atoms with Gasteiger partial charge < -0.3 is 5.32 Å². The maximum Gasteiger partial charge on any atom is 0.274 e. The molecule has 0 radical (unpaired) electrons.